The predicted molar refractivity (Wildman–Crippen MR) is 177 cm³/mol. The number of rotatable bonds is 9. The number of nitrogens with one attached hydrogen (secondary N) is 2. The van der Waals surface area contributed by atoms with Crippen LogP contribution in [0.2, 0.25) is 0 Å². The van der Waals surface area contributed by atoms with Crippen LogP contribution in [0.4, 0.5) is 10.8 Å². The summed E-state index contributed by atoms with van der Waals surface area (Å²) in [5, 5.41) is 14.7. The molecule has 0 saturated heterocycles. The van der Waals surface area contributed by atoms with Gasteiger partial charge in [0.25, 0.3) is 5.91 Å². The van der Waals surface area contributed by atoms with E-state index in [9.17, 15) is 9.59 Å². The molecule has 11 heteroatoms. The number of aryl methyl sites for hydroxylation is 2. The Morgan fingerprint density at radius 2 is 1.60 bits per heavy atom. The molecule has 2 N–H and O–H groups in total. The first kappa shape index (κ1) is 30.2. The zero-order valence-corrected chi connectivity index (χ0v) is 27.2. The van der Waals surface area contributed by atoms with E-state index in [-0.39, 0.29) is 23.0 Å². The fraction of sp³-hybridized carbons (Fsp3) is 0.258. The van der Waals surface area contributed by atoms with E-state index < -0.39 is 0 Å². The number of anilines is 2. The molecule has 5 aromatic rings. The first-order valence-corrected chi connectivity index (χ1v) is 16.9. The van der Waals surface area contributed by atoms with Gasteiger partial charge >= 0.3 is 0 Å². The van der Waals surface area contributed by atoms with Crippen LogP contribution in [0.25, 0.3) is 10.2 Å². The molecule has 3 aromatic carbocycles. The summed E-state index contributed by atoms with van der Waals surface area (Å²) in [5.74, 6) is 0.685. The monoisotopic (exact) mass is 633 g/mol. The number of carbonyl (C=O) groups excluding carboxylic acids is 2. The molecule has 0 unspecified atom stereocenters. The molecular formula is C31H31N5O2S4. The standard InChI is InChI=1S/C31H31N5O2S4/c1-18-13-21(31(3,4)5)14-19(2)23(18)16-39-30-36-35-28(42-30)34-26(37)17-40-29-33-24-12-11-22(15-25(24)41-29)32-27(38)20-9-7-6-8-10-20/h6-15H,16-17H2,1-5H3,(H,32,38)(H,34,35,37). The molecular weight excluding hydrogens is 603 g/mol. The SMILES string of the molecule is Cc1cc(C(C)(C)C)cc(C)c1CSc1nnc(NC(=O)CSc2nc3ccc(NC(=O)c4ccccc4)cc3s2)s1. The number of benzene rings is 3. The van der Waals surface area contributed by atoms with Gasteiger partial charge in [0.05, 0.1) is 16.0 Å². The lowest BCUT2D eigenvalue weighted by Crippen LogP contribution is -2.13. The number of thiazole rings is 1. The van der Waals surface area contributed by atoms with E-state index in [0.717, 1.165) is 24.6 Å². The van der Waals surface area contributed by atoms with E-state index in [0.29, 0.717) is 16.4 Å². The molecule has 42 heavy (non-hydrogen) atoms. The zero-order valence-electron chi connectivity index (χ0n) is 24.0. The average Bonchev–Trinajstić information content (AvgIpc) is 3.57. The Balaban J connectivity index is 1.13. The molecule has 7 nitrogen and oxygen atoms in total. The van der Waals surface area contributed by atoms with Gasteiger partial charge in [-0.2, -0.15) is 0 Å². The Bertz CT molecular complexity index is 1720. The minimum absolute atomic E-state index is 0.115. The number of hydrogen-bond donors (Lipinski definition) is 2. The smallest absolute Gasteiger partial charge is 0.255 e. The lowest BCUT2D eigenvalue weighted by Gasteiger charge is -2.22. The molecule has 5 rings (SSSR count). The molecule has 0 bridgehead atoms. The van der Waals surface area contributed by atoms with Crippen LogP contribution in [-0.2, 0) is 16.0 Å². The van der Waals surface area contributed by atoms with Crippen molar-refractivity contribution >= 4 is 79.0 Å². The highest BCUT2D eigenvalue weighted by Gasteiger charge is 2.17. The minimum Gasteiger partial charge on any atom is -0.322 e. The molecule has 0 radical (unpaired) electrons. The van der Waals surface area contributed by atoms with Crippen molar-refractivity contribution in [1.82, 2.24) is 15.2 Å². The van der Waals surface area contributed by atoms with Gasteiger partial charge in [-0.1, -0.05) is 86.0 Å². The Kier molecular flexibility index (Phi) is 9.32. The van der Waals surface area contributed by atoms with E-state index >= 15 is 0 Å². The van der Waals surface area contributed by atoms with E-state index in [2.05, 4.69) is 72.6 Å². The van der Waals surface area contributed by atoms with Crippen LogP contribution in [0.3, 0.4) is 0 Å². The van der Waals surface area contributed by atoms with Crippen LogP contribution < -0.4 is 10.6 Å². The van der Waals surface area contributed by atoms with E-state index in [1.54, 1.807) is 23.9 Å². The number of fused-ring (bicyclic) bond motifs is 1. The Morgan fingerprint density at radius 1 is 0.857 bits per heavy atom. The second-order valence-corrected chi connectivity index (χ2v) is 15.3. The van der Waals surface area contributed by atoms with Crippen molar-refractivity contribution in [3.63, 3.8) is 0 Å². The number of hydrogen-bond acceptors (Lipinski definition) is 9. The molecule has 0 fully saturated rings. The summed E-state index contributed by atoms with van der Waals surface area (Å²) in [6, 6.07) is 19.3. The second kappa shape index (κ2) is 12.9. The van der Waals surface area contributed by atoms with Crippen molar-refractivity contribution in [2.45, 2.75) is 54.5 Å². The Hall–Kier alpha value is -3.25. The van der Waals surface area contributed by atoms with Gasteiger partial charge in [0.2, 0.25) is 11.0 Å². The van der Waals surface area contributed by atoms with Gasteiger partial charge in [-0.25, -0.2) is 4.98 Å². The number of nitrogens with zero attached hydrogens (tertiary/aromatic N) is 3. The number of carbonyl (C=O) groups is 2. The third-order valence-electron chi connectivity index (χ3n) is 6.54. The lowest BCUT2D eigenvalue weighted by atomic mass is 9.84. The van der Waals surface area contributed by atoms with E-state index in [1.807, 2.05) is 36.4 Å². The Labute approximate surface area is 262 Å². The van der Waals surface area contributed by atoms with Crippen molar-refractivity contribution < 1.29 is 9.59 Å². The fourth-order valence-electron chi connectivity index (χ4n) is 4.23. The predicted octanol–water partition coefficient (Wildman–Crippen LogP) is 8.34. The quantitative estimate of drug-likeness (QED) is 0.124. The topological polar surface area (TPSA) is 96.9 Å². The molecule has 0 aliphatic carbocycles. The van der Waals surface area contributed by atoms with Crippen LogP contribution in [0.5, 0.6) is 0 Å². The van der Waals surface area contributed by atoms with Crippen molar-refractivity contribution in [3.05, 3.63) is 88.5 Å². The van der Waals surface area contributed by atoms with Gasteiger partial charge in [0, 0.05) is 17.0 Å². The van der Waals surface area contributed by atoms with Gasteiger partial charge in [-0.15, -0.1) is 21.5 Å². The van der Waals surface area contributed by atoms with Crippen molar-refractivity contribution in [1.29, 1.82) is 0 Å². The Morgan fingerprint density at radius 3 is 2.31 bits per heavy atom. The summed E-state index contributed by atoms with van der Waals surface area (Å²) in [4.78, 5) is 29.7. The lowest BCUT2D eigenvalue weighted by molar-refractivity contribution is -0.113. The van der Waals surface area contributed by atoms with Crippen molar-refractivity contribution in [2.24, 2.45) is 0 Å². The molecule has 2 aromatic heterocycles. The van der Waals surface area contributed by atoms with Crippen molar-refractivity contribution in [2.75, 3.05) is 16.4 Å². The van der Waals surface area contributed by atoms with Gasteiger partial charge in [-0.3, -0.25) is 14.9 Å². The molecule has 0 aliphatic heterocycles. The van der Waals surface area contributed by atoms with Gasteiger partial charge in [0.15, 0.2) is 8.68 Å². The van der Waals surface area contributed by atoms with E-state index in [4.69, 9.17) is 0 Å². The molecule has 0 atom stereocenters. The van der Waals surface area contributed by atoms with Crippen molar-refractivity contribution in [3.8, 4) is 0 Å². The molecule has 216 valence electrons. The maximum absolute atomic E-state index is 12.6. The van der Waals surface area contributed by atoms with Gasteiger partial charge in [-0.05, 0) is 71.8 Å². The summed E-state index contributed by atoms with van der Waals surface area (Å²) in [6.07, 6.45) is 0. The maximum atomic E-state index is 12.6. The highest BCUT2D eigenvalue weighted by molar-refractivity contribution is 8.01. The number of amides is 2. The summed E-state index contributed by atoms with van der Waals surface area (Å²) in [7, 11) is 0. The number of aromatic nitrogens is 3. The van der Waals surface area contributed by atoms with Gasteiger partial charge in [0.1, 0.15) is 0 Å². The average molecular weight is 634 g/mol. The molecule has 2 amide bonds. The summed E-state index contributed by atoms with van der Waals surface area (Å²) < 4.78 is 2.54. The van der Waals surface area contributed by atoms with E-state index in [1.165, 1.54) is 56.7 Å². The fourth-order valence-corrected chi connectivity index (χ4v) is 8.10. The number of thioether (sulfide) groups is 2. The first-order chi connectivity index (χ1) is 20.0. The zero-order chi connectivity index (χ0) is 29.9. The van der Waals surface area contributed by atoms with Gasteiger partial charge < -0.3 is 5.32 Å². The summed E-state index contributed by atoms with van der Waals surface area (Å²) in [6.45, 7) is 11.0. The largest absolute Gasteiger partial charge is 0.322 e. The molecule has 0 aliphatic rings. The summed E-state index contributed by atoms with van der Waals surface area (Å²) >= 11 is 5.87. The highest BCUT2D eigenvalue weighted by atomic mass is 32.2. The summed E-state index contributed by atoms with van der Waals surface area (Å²) in [5.41, 5.74) is 7.46. The first-order valence-electron chi connectivity index (χ1n) is 13.3. The third-order valence-corrected chi connectivity index (χ3v) is 10.7. The highest BCUT2D eigenvalue weighted by Crippen LogP contribution is 2.34. The third kappa shape index (κ3) is 7.57. The van der Waals surface area contributed by atoms with Crippen LogP contribution in [-0.4, -0.2) is 32.7 Å². The van der Waals surface area contributed by atoms with Crippen LogP contribution >= 0.6 is 46.2 Å². The molecule has 0 spiro atoms. The molecule has 2 heterocycles. The minimum atomic E-state index is -0.163. The van der Waals surface area contributed by atoms with Crippen LogP contribution in [0.15, 0.2) is 69.3 Å². The van der Waals surface area contributed by atoms with Crippen LogP contribution in [0, 0.1) is 13.8 Å². The molecule has 0 saturated carbocycles. The maximum Gasteiger partial charge on any atom is 0.255 e. The normalized spacial score (nSPS) is 11.5. The second-order valence-electron chi connectivity index (χ2n) is 10.8. The van der Waals surface area contributed by atoms with Crippen LogP contribution in [0.1, 0.15) is 53.4 Å².